The van der Waals surface area contributed by atoms with Gasteiger partial charge in [-0.15, -0.1) is 0 Å². The summed E-state index contributed by atoms with van der Waals surface area (Å²) in [5, 5.41) is 14.4. The van der Waals surface area contributed by atoms with Crippen LogP contribution in [0.15, 0.2) is 124 Å². The van der Waals surface area contributed by atoms with E-state index in [1.54, 1.807) is 84.9 Å². The number of aliphatic imine (C=N–C) groups is 3. The van der Waals surface area contributed by atoms with Crippen LogP contribution in [0.25, 0.3) is 22.1 Å². The van der Waals surface area contributed by atoms with Crippen LogP contribution in [0.3, 0.4) is 0 Å². The zero-order chi connectivity index (χ0) is 99.1. The smallest absolute Gasteiger partial charge is 0.382 e. The molecule has 6 aliphatic rings. The number of hydrogen-bond donors (Lipinski definition) is 9. The molecular formula is C97H113F21N14O2. The number of nitrogens with two attached hydrogens (primary N) is 2. The van der Waals surface area contributed by atoms with E-state index < -0.39 is 82.2 Å². The van der Waals surface area contributed by atoms with Crippen molar-refractivity contribution in [2.45, 2.75) is 247 Å². The normalized spacial score (nSPS) is 16.1. The first-order chi connectivity index (χ1) is 62.5. The summed E-state index contributed by atoms with van der Waals surface area (Å²) in [6.45, 7) is 26.3. The standard InChI is InChI=1S/C16H22F3N3.C15H16F3N.C14H16F3N3.2C14H17F3N2O.C12H13F3N2.C12H12F3N/c1-9(2)4-11(8-20)7-14-21-13-6-10(3)5-12(15(13)22-14)16(17,18)19;1-9-5-11-8-12(7-10-3-2-4-10)19-14(11)13(6-9)15(16,17)18;1-8-3-10-5-11(7-19-9(2)6-18)20-13(10)12(4-8)14(15,16)17;2*1-9-5-10(7-11(6-9)14(15,16)17)8-19-13(20)12-3-2-4-18-12;1-3-4-10-16-9-6-7(2)5-8(11(9)17-10)12(13,14)15;1-3-9-6-8-4-7(2)5-10(11(8)16-9)12(13,14)15/h5-6,9,11H,4,7-8,20H2,1-3H3,(H,21,22);5-6,10H,2-4,7-8H2,1H3;3-4,19H,2,5-7,18H2,1H3;2*5-7,12,18H,2-4,8H2,1H3,(H,19,20);5-6H,3-4H2,1-2H3,(H,16,17);4-5H,3,6H2,1-2H3/t11-;;;12-;;;/m0..1.../s1. The summed E-state index contributed by atoms with van der Waals surface area (Å²) in [6.07, 6.45) is -17.3. The molecule has 9 aromatic rings. The third-order valence-corrected chi connectivity index (χ3v) is 22.7. The minimum Gasteiger partial charge on any atom is -0.382 e. The molecule has 134 heavy (non-hydrogen) atoms. The van der Waals surface area contributed by atoms with Gasteiger partial charge in [-0.1, -0.05) is 112 Å². The topological polar surface area (TPSA) is 241 Å². The summed E-state index contributed by atoms with van der Waals surface area (Å²) in [6, 6.07) is 21.8. The van der Waals surface area contributed by atoms with Crippen LogP contribution in [0.1, 0.15) is 216 Å². The maximum absolute atomic E-state index is 13.1. The van der Waals surface area contributed by atoms with E-state index in [1.807, 2.05) is 19.9 Å². The van der Waals surface area contributed by atoms with Crippen LogP contribution in [-0.2, 0) is 98.0 Å². The van der Waals surface area contributed by atoms with Gasteiger partial charge in [0.1, 0.15) is 22.7 Å². The fourth-order valence-corrected chi connectivity index (χ4v) is 16.4. The van der Waals surface area contributed by atoms with Crippen molar-refractivity contribution in [1.29, 1.82) is 0 Å². The minimum absolute atomic E-state index is 0.00609. The van der Waals surface area contributed by atoms with Crippen molar-refractivity contribution in [1.82, 2.24) is 46.5 Å². The Morgan fingerprint density at radius 1 is 0.440 bits per heavy atom. The van der Waals surface area contributed by atoms with Crippen molar-refractivity contribution in [3.05, 3.63) is 227 Å². The molecule has 0 radical (unpaired) electrons. The van der Waals surface area contributed by atoms with E-state index in [9.17, 15) is 102 Å². The van der Waals surface area contributed by atoms with E-state index in [0.29, 0.717) is 159 Å². The van der Waals surface area contributed by atoms with E-state index in [2.05, 4.69) is 81.9 Å². The van der Waals surface area contributed by atoms with Crippen molar-refractivity contribution in [2.75, 3.05) is 32.7 Å². The lowest BCUT2D eigenvalue weighted by atomic mass is 9.81. The van der Waals surface area contributed by atoms with E-state index in [1.165, 1.54) is 31.4 Å². The Kier molecular flexibility index (Phi) is 36.2. The zero-order valence-electron chi connectivity index (χ0n) is 76.2. The molecule has 1 unspecified atom stereocenters. The second-order valence-corrected chi connectivity index (χ2v) is 35.1. The maximum Gasteiger partial charge on any atom is 0.418 e. The number of nitrogens with zero attached hydrogens (tertiary/aromatic N) is 5. The summed E-state index contributed by atoms with van der Waals surface area (Å²) < 4.78 is 271. The van der Waals surface area contributed by atoms with Crippen LogP contribution >= 0.6 is 0 Å². The van der Waals surface area contributed by atoms with Crippen LogP contribution in [0.2, 0.25) is 0 Å². The predicted octanol–water partition coefficient (Wildman–Crippen LogP) is 24.2. The molecule has 2 amide bonds. The molecule has 37 heteroatoms. The number of carbonyl (C=O) groups is 2. The Balaban J connectivity index is 0.000000176. The number of aromatic amines is 2. The Morgan fingerprint density at radius 2 is 0.813 bits per heavy atom. The molecule has 0 bridgehead atoms. The van der Waals surface area contributed by atoms with Gasteiger partial charge < -0.3 is 48.0 Å². The van der Waals surface area contributed by atoms with Gasteiger partial charge in [0.2, 0.25) is 11.8 Å². The van der Waals surface area contributed by atoms with Gasteiger partial charge in [-0.05, 0) is 243 Å². The number of aromatic nitrogens is 4. The average molecular weight is 1910 g/mol. The zero-order valence-corrected chi connectivity index (χ0v) is 76.2. The summed E-state index contributed by atoms with van der Waals surface area (Å²) in [5.74, 6) is 2.22. The van der Waals surface area contributed by atoms with Gasteiger partial charge in [0.15, 0.2) is 0 Å². The first kappa shape index (κ1) is 107. The van der Waals surface area contributed by atoms with Crippen molar-refractivity contribution in [3.8, 4) is 0 Å². The van der Waals surface area contributed by atoms with Gasteiger partial charge >= 0.3 is 43.2 Å². The average Bonchev–Trinajstić information content (AvgIpc) is 1.64. The lowest BCUT2D eigenvalue weighted by Gasteiger charge is -2.24. The Labute approximate surface area is 764 Å². The number of carbonyl (C=O) groups excluding carboxylic acids is 2. The molecule has 15 rings (SSSR count). The number of alkyl halides is 21. The van der Waals surface area contributed by atoms with Gasteiger partial charge in [-0.25, -0.2) is 9.97 Å². The van der Waals surface area contributed by atoms with Crippen molar-refractivity contribution in [3.63, 3.8) is 0 Å². The Hall–Kier alpha value is -10.7. The summed E-state index contributed by atoms with van der Waals surface area (Å²) in [5.41, 5.74) is 17.9. The molecule has 11 N–H and O–H groups in total. The van der Waals surface area contributed by atoms with Gasteiger partial charge in [-0.2, -0.15) is 92.2 Å². The third-order valence-electron chi connectivity index (χ3n) is 22.7. The number of nitrogens with one attached hydrogen (secondary N) is 7. The number of H-pyrrole nitrogens is 2. The highest BCUT2D eigenvalue weighted by Gasteiger charge is 2.42. The quantitative estimate of drug-likeness (QED) is 0.0329. The number of imidazole rings is 2. The Bertz CT molecular complexity index is 5580. The molecule has 0 spiro atoms. The van der Waals surface area contributed by atoms with E-state index in [4.69, 9.17) is 11.5 Å². The molecule has 1 saturated carbocycles. The molecule has 7 heterocycles. The SMILES string of the molecule is C=C(CN)NCC1=Nc2c(cc(C)cc2C(F)(F)F)C1.CCC1=Nc2c(cc(C)cc2C(F)(F)F)C1.CCCc1nc2c(C(F)(F)F)cc(C)cc2[nH]1.Cc1cc(C(F)(F)F)c2nc(C[C@@H](CN)CC(C)C)[nH]c2c1.Cc1cc(CNC(=O)C2CCCN2)cc(C(F)(F)F)c1.Cc1cc(CNC(=O)[C@H]2CCCN2)cc(C(F)(F)F)c1.Cc1cc2c(c(C(F)(F)F)c1)N=C(CC1CCC1)C2. The molecule has 3 fully saturated rings. The van der Waals surface area contributed by atoms with Crippen LogP contribution in [0.4, 0.5) is 109 Å². The fourth-order valence-electron chi connectivity index (χ4n) is 16.4. The molecule has 16 nitrogen and oxygen atoms in total. The van der Waals surface area contributed by atoms with Crippen molar-refractivity contribution in [2.24, 2.45) is 44.2 Å². The van der Waals surface area contributed by atoms with Crippen LogP contribution in [-0.4, -0.2) is 93.7 Å². The first-order valence-corrected chi connectivity index (χ1v) is 44.1. The van der Waals surface area contributed by atoms with E-state index in [-0.39, 0.29) is 77.5 Å². The first-order valence-electron chi connectivity index (χ1n) is 44.1. The maximum atomic E-state index is 13.1. The number of fused-ring (bicyclic) bond motifs is 5. The number of benzene rings is 7. The lowest BCUT2D eigenvalue weighted by molar-refractivity contribution is -0.138. The second-order valence-electron chi connectivity index (χ2n) is 35.1. The summed E-state index contributed by atoms with van der Waals surface area (Å²) in [7, 11) is 0. The highest BCUT2D eigenvalue weighted by atomic mass is 19.4. The monoisotopic (exact) mass is 1900 g/mol. The minimum atomic E-state index is -4.40. The number of aryl methyl sites for hydroxylation is 8. The molecule has 1 aliphatic carbocycles. The number of hydrogen-bond acceptors (Lipinski definition) is 12. The molecule has 2 saturated heterocycles. The van der Waals surface area contributed by atoms with Crippen LogP contribution in [0.5, 0.6) is 0 Å². The predicted molar refractivity (Wildman–Crippen MR) is 479 cm³/mol. The van der Waals surface area contributed by atoms with Gasteiger partial charge in [0.05, 0.1) is 85.7 Å². The molecule has 730 valence electrons. The van der Waals surface area contributed by atoms with E-state index >= 15 is 0 Å². The van der Waals surface area contributed by atoms with Crippen molar-refractivity contribution < 1.29 is 102 Å². The number of halogens is 21. The van der Waals surface area contributed by atoms with Gasteiger partial charge in [-0.3, -0.25) is 24.6 Å². The summed E-state index contributed by atoms with van der Waals surface area (Å²) in [4.78, 5) is 50.2. The Morgan fingerprint density at radius 3 is 1.17 bits per heavy atom. The van der Waals surface area contributed by atoms with Crippen LogP contribution < -0.4 is 38.1 Å². The fraction of sp³-hybridized carbons (Fsp3) is 0.474. The highest BCUT2D eigenvalue weighted by molar-refractivity contribution is 5.97. The third kappa shape index (κ3) is 30.7. The highest BCUT2D eigenvalue weighted by Crippen LogP contribution is 2.47. The largest absolute Gasteiger partial charge is 0.418 e. The molecule has 7 aromatic carbocycles. The molecule has 2 aromatic heterocycles. The number of amides is 2. The van der Waals surface area contributed by atoms with Gasteiger partial charge in [0, 0.05) is 74.6 Å². The second kappa shape index (κ2) is 45.3. The van der Waals surface area contributed by atoms with Gasteiger partial charge in [0.25, 0.3) is 0 Å². The molecule has 3 atom stereocenters. The lowest BCUT2D eigenvalue weighted by Crippen LogP contribution is -2.40. The summed E-state index contributed by atoms with van der Waals surface area (Å²) >= 11 is 0. The van der Waals surface area contributed by atoms with Crippen molar-refractivity contribution >= 4 is 68.1 Å². The van der Waals surface area contributed by atoms with Crippen LogP contribution in [0, 0.1) is 66.2 Å². The van der Waals surface area contributed by atoms with E-state index in [0.717, 1.165) is 117 Å². The molecule has 5 aliphatic heterocycles. The number of rotatable bonds is 20. The molecular weight excluding hydrogens is 1790 g/mol.